The first-order valence-corrected chi connectivity index (χ1v) is 4.87. The van der Waals surface area contributed by atoms with Crippen LogP contribution < -0.4 is 0 Å². The summed E-state index contributed by atoms with van der Waals surface area (Å²) in [5.74, 6) is 0. The lowest BCUT2D eigenvalue weighted by Crippen LogP contribution is -2.04. The molecular weight excluding hydrogens is 199 g/mol. The molecule has 11 heavy (non-hydrogen) atoms. The van der Waals surface area contributed by atoms with Gasteiger partial charge in [-0.1, -0.05) is 0 Å². The Balaban J connectivity index is 3.29. The van der Waals surface area contributed by atoms with Crippen LogP contribution in [0.3, 0.4) is 0 Å². The van der Waals surface area contributed by atoms with Crippen LogP contribution in [0.15, 0.2) is 0 Å². The molecule has 0 aliphatic carbocycles. The van der Waals surface area contributed by atoms with E-state index in [4.69, 9.17) is 9.79 Å². The molecule has 0 aromatic heterocycles. The quantitative estimate of drug-likeness (QED) is 0.332. The maximum absolute atomic E-state index is 9.94. The van der Waals surface area contributed by atoms with Gasteiger partial charge in [-0.25, -0.2) is 8.77 Å². The molecule has 68 valence electrons. The molecule has 0 spiro atoms. The van der Waals surface area contributed by atoms with E-state index < -0.39 is 32.4 Å². The highest BCUT2D eigenvalue weighted by molar-refractivity contribution is 7.74. The summed E-state index contributed by atoms with van der Waals surface area (Å²) >= 11 is -2.68. The first-order valence-electron chi connectivity index (χ1n) is 2.34. The lowest BCUT2D eigenvalue weighted by molar-refractivity contribution is 0.160. The van der Waals surface area contributed by atoms with Gasteiger partial charge in [0.05, 0.1) is 24.6 Å². The third kappa shape index (κ3) is 10.2. The maximum atomic E-state index is 9.94. The Morgan fingerprint density at radius 1 is 1.45 bits per heavy atom. The van der Waals surface area contributed by atoms with E-state index in [2.05, 4.69) is 8.71 Å². The smallest absolute Gasteiger partial charge is 0.469 e. The molecule has 9 heteroatoms. The number of phosphoric ester groups is 1. The summed E-state index contributed by atoms with van der Waals surface area (Å²) in [6.45, 7) is -0.889. The first kappa shape index (κ1) is 11.2. The minimum atomic E-state index is -4.51. The molecule has 0 bridgehead atoms. The van der Waals surface area contributed by atoms with Gasteiger partial charge in [0.2, 0.25) is 0 Å². The van der Waals surface area contributed by atoms with E-state index in [0.717, 1.165) is 0 Å². The van der Waals surface area contributed by atoms with E-state index in [1.807, 2.05) is 0 Å². The Labute approximate surface area is 65.1 Å². The summed E-state index contributed by atoms with van der Waals surface area (Å²) in [5.41, 5.74) is 0. The van der Waals surface area contributed by atoms with Crippen molar-refractivity contribution in [1.82, 2.24) is 0 Å². The van der Waals surface area contributed by atoms with Gasteiger partial charge in [0, 0.05) is 0 Å². The standard InChI is InChI=1S/C2H7O7PS/c3-10(4,5)8-1-2-9-11(6)7/h1-2H2,(H,6,7)(H2,3,4,5)/p-1. The van der Waals surface area contributed by atoms with Crippen LogP contribution in [0.1, 0.15) is 0 Å². The van der Waals surface area contributed by atoms with Gasteiger partial charge >= 0.3 is 7.82 Å². The maximum Gasteiger partial charge on any atom is 0.469 e. The lowest BCUT2D eigenvalue weighted by atomic mass is 10.8. The third-order valence-corrected chi connectivity index (χ3v) is 1.40. The molecule has 0 heterocycles. The Morgan fingerprint density at radius 3 is 2.36 bits per heavy atom. The summed E-state index contributed by atoms with van der Waals surface area (Å²) in [5, 5.41) is 0. The lowest BCUT2D eigenvalue weighted by Gasteiger charge is -2.06. The largest absolute Gasteiger partial charge is 0.750 e. The Morgan fingerprint density at radius 2 is 2.00 bits per heavy atom. The Kier molecular flexibility index (Phi) is 5.02. The molecule has 2 N–H and O–H groups in total. The van der Waals surface area contributed by atoms with E-state index in [1.54, 1.807) is 0 Å². The fourth-order valence-corrected chi connectivity index (χ4v) is 0.775. The minimum absolute atomic E-state index is 0.415. The summed E-state index contributed by atoms with van der Waals surface area (Å²) in [4.78, 5) is 16.1. The summed E-state index contributed by atoms with van der Waals surface area (Å²) in [6.07, 6.45) is 0. The van der Waals surface area contributed by atoms with Gasteiger partial charge in [-0.15, -0.1) is 0 Å². The normalized spacial score (nSPS) is 14.8. The molecule has 0 aromatic carbocycles. The van der Waals surface area contributed by atoms with Gasteiger partial charge in [0.1, 0.15) is 0 Å². The van der Waals surface area contributed by atoms with Crippen molar-refractivity contribution in [2.45, 2.75) is 0 Å². The predicted molar refractivity (Wildman–Crippen MR) is 32.9 cm³/mol. The SMILES string of the molecule is O=S([O-])OCCOP(=O)(O)O. The van der Waals surface area contributed by atoms with E-state index in [0.29, 0.717) is 0 Å². The topological polar surface area (TPSA) is 116 Å². The van der Waals surface area contributed by atoms with Crippen LogP contribution in [-0.4, -0.2) is 31.8 Å². The van der Waals surface area contributed by atoms with Crippen molar-refractivity contribution >= 4 is 19.2 Å². The summed E-state index contributed by atoms with van der Waals surface area (Å²) in [7, 11) is -4.51. The molecular formula is C2H6O7PS-. The molecule has 0 fully saturated rings. The van der Waals surface area contributed by atoms with E-state index in [-0.39, 0.29) is 0 Å². The summed E-state index contributed by atoms with van der Waals surface area (Å²) < 4.78 is 37.0. The fraction of sp³-hybridized carbons (Fsp3) is 1.00. The van der Waals surface area contributed by atoms with Crippen molar-refractivity contribution in [3.05, 3.63) is 0 Å². The van der Waals surface area contributed by atoms with E-state index in [9.17, 15) is 13.3 Å². The van der Waals surface area contributed by atoms with Crippen LogP contribution in [0.4, 0.5) is 0 Å². The molecule has 0 aromatic rings. The first-order chi connectivity index (χ1) is 4.92. The van der Waals surface area contributed by atoms with E-state index in [1.165, 1.54) is 0 Å². The van der Waals surface area contributed by atoms with Crippen LogP contribution in [0.2, 0.25) is 0 Å². The van der Waals surface area contributed by atoms with E-state index >= 15 is 0 Å². The highest BCUT2D eigenvalue weighted by Gasteiger charge is 2.12. The molecule has 0 amide bonds. The van der Waals surface area contributed by atoms with Gasteiger partial charge in [0.15, 0.2) is 0 Å². The molecule has 0 aliphatic heterocycles. The monoisotopic (exact) mass is 205 g/mol. The van der Waals surface area contributed by atoms with Crippen LogP contribution >= 0.6 is 7.82 Å². The van der Waals surface area contributed by atoms with Crippen LogP contribution in [0, 0.1) is 0 Å². The second-order valence-electron chi connectivity index (χ2n) is 1.35. The van der Waals surface area contributed by atoms with Crippen LogP contribution in [-0.2, 0) is 24.6 Å². The predicted octanol–water partition coefficient (Wildman–Crippen LogP) is -1.09. The number of phosphoric acid groups is 1. The van der Waals surface area contributed by atoms with Crippen molar-refractivity contribution in [2.24, 2.45) is 0 Å². The van der Waals surface area contributed by atoms with Gasteiger partial charge in [-0.05, 0) is 0 Å². The highest BCUT2D eigenvalue weighted by atomic mass is 32.2. The molecule has 0 saturated carbocycles. The van der Waals surface area contributed by atoms with Gasteiger partial charge in [-0.3, -0.25) is 8.71 Å². The number of rotatable bonds is 5. The zero-order valence-corrected chi connectivity index (χ0v) is 6.92. The van der Waals surface area contributed by atoms with Crippen molar-refractivity contribution in [3.8, 4) is 0 Å². The van der Waals surface area contributed by atoms with Gasteiger partial charge < -0.3 is 14.3 Å². The average Bonchev–Trinajstić information content (AvgIpc) is 1.78. The molecule has 1 unspecified atom stereocenters. The number of hydrogen-bond acceptors (Lipinski definition) is 5. The second-order valence-corrected chi connectivity index (χ2v) is 3.23. The molecule has 0 aliphatic rings. The molecule has 0 radical (unpaired) electrons. The zero-order chi connectivity index (χ0) is 8.91. The van der Waals surface area contributed by atoms with Crippen molar-refractivity contribution in [1.29, 1.82) is 0 Å². The zero-order valence-electron chi connectivity index (χ0n) is 5.21. The van der Waals surface area contributed by atoms with Crippen LogP contribution in [0.25, 0.3) is 0 Å². The fourth-order valence-electron chi connectivity index (χ4n) is 0.258. The minimum Gasteiger partial charge on any atom is -0.750 e. The van der Waals surface area contributed by atoms with Crippen molar-refractivity contribution < 1.29 is 31.8 Å². The molecule has 7 nitrogen and oxygen atoms in total. The second kappa shape index (κ2) is 4.94. The molecule has 1 atom stereocenters. The highest BCUT2D eigenvalue weighted by Crippen LogP contribution is 2.35. The van der Waals surface area contributed by atoms with Crippen LogP contribution in [0.5, 0.6) is 0 Å². The van der Waals surface area contributed by atoms with Crippen molar-refractivity contribution in [2.75, 3.05) is 13.2 Å². The molecule has 0 rings (SSSR count). The Bertz CT molecular complexity index is 173. The van der Waals surface area contributed by atoms with Crippen molar-refractivity contribution in [3.63, 3.8) is 0 Å². The molecule has 0 saturated heterocycles. The third-order valence-electron chi connectivity index (χ3n) is 0.522. The van der Waals surface area contributed by atoms with Gasteiger partial charge in [-0.2, -0.15) is 0 Å². The average molecular weight is 205 g/mol. The number of hydrogen-bond donors (Lipinski definition) is 2. The van der Waals surface area contributed by atoms with Gasteiger partial charge in [0.25, 0.3) is 0 Å². The Hall–Kier alpha value is 0.180. The summed E-state index contributed by atoms with van der Waals surface area (Å²) in [6, 6.07) is 0.